The van der Waals surface area contributed by atoms with Crippen LogP contribution in [-0.4, -0.2) is 49.3 Å². The van der Waals surface area contributed by atoms with E-state index >= 15 is 0 Å². The van der Waals surface area contributed by atoms with E-state index in [0.29, 0.717) is 0 Å². The van der Waals surface area contributed by atoms with Gasteiger partial charge in [-0.15, -0.1) is 0 Å². The Balaban J connectivity index is 4.78. The van der Waals surface area contributed by atoms with E-state index in [0.717, 1.165) is 0 Å². The zero-order chi connectivity index (χ0) is 18.0. The Morgan fingerprint density at radius 3 is 1.65 bits per heavy atom. The number of esters is 4. The van der Waals surface area contributed by atoms with Crippen LogP contribution in [0.5, 0.6) is 0 Å². The van der Waals surface area contributed by atoms with E-state index in [9.17, 15) is 19.2 Å². The molecule has 0 aliphatic rings. The number of carbonyl (C=O) groups excluding carboxylic acids is 4. The summed E-state index contributed by atoms with van der Waals surface area (Å²) < 4.78 is 20.0. The Bertz CT molecular complexity index is 431. The molecule has 0 saturated carbocycles. The van der Waals surface area contributed by atoms with Crippen LogP contribution in [-0.2, 0) is 38.1 Å². The minimum atomic E-state index is -0.688. The molecule has 0 aliphatic carbocycles. The number of hydrogen-bond acceptors (Lipinski definition) is 8. The van der Waals surface area contributed by atoms with Crippen molar-refractivity contribution < 1.29 is 38.1 Å². The first-order valence-electron chi connectivity index (χ1n) is 7.23. The van der Waals surface area contributed by atoms with Gasteiger partial charge in [-0.05, 0) is 6.42 Å². The molecule has 0 rings (SSSR count). The van der Waals surface area contributed by atoms with Crippen molar-refractivity contribution in [2.24, 2.45) is 5.92 Å². The molecule has 0 aliphatic heterocycles. The molecule has 0 heterocycles. The summed E-state index contributed by atoms with van der Waals surface area (Å²) in [5.74, 6) is -2.31. The summed E-state index contributed by atoms with van der Waals surface area (Å²) in [6, 6.07) is 0. The maximum atomic E-state index is 11.2. The fraction of sp³-hybridized carbons (Fsp3) is 0.733. The summed E-state index contributed by atoms with van der Waals surface area (Å²) in [5, 5.41) is 0. The van der Waals surface area contributed by atoms with Gasteiger partial charge in [0.25, 0.3) is 0 Å². The molecule has 0 radical (unpaired) electrons. The fourth-order valence-electron chi connectivity index (χ4n) is 1.89. The summed E-state index contributed by atoms with van der Waals surface area (Å²) >= 11 is 0. The number of hydrogen-bond donors (Lipinski definition) is 0. The van der Waals surface area contributed by atoms with Crippen molar-refractivity contribution in [1.82, 2.24) is 0 Å². The van der Waals surface area contributed by atoms with Crippen LogP contribution < -0.4 is 0 Å². The van der Waals surface area contributed by atoms with Crippen molar-refractivity contribution >= 4 is 23.9 Å². The molecule has 0 aromatic rings. The van der Waals surface area contributed by atoms with Crippen LogP contribution in [0.2, 0.25) is 0 Å². The molecule has 0 saturated heterocycles. The summed E-state index contributed by atoms with van der Waals surface area (Å²) in [7, 11) is 0. The van der Waals surface area contributed by atoms with E-state index in [1.165, 1.54) is 27.7 Å². The standard InChI is InChI=1S/C15H24O8/c1-9(15(23-13(5)19)8-21-11(3)17)6-14(22-12(4)18)7-20-10(2)16/h9,14-15H,6-8H2,1-5H3. The first kappa shape index (κ1) is 20.9. The molecule has 8 heteroatoms. The minimum absolute atomic E-state index is 0.0976. The average molecular weight is 332 g/mol. The molecule has 132 valence electrons. The van der Waals surface area contributed by atoms with E-state index in [4.69, 9.17) is 18.9 Å². The van der Waals surface area contributed by atoms with Crippen LogP contribution in [0, 0.1) is 5.92 Å². The third-order valence-corrected chi connectivity index (χ3v) is 2.84. The molecule has 0 N–H and O–H groups in total. The first-order valence-corrected chi connectivity index (χ1v) is 7.23. The van der Waals surface area contributed by atoms with E-state index in [2.05, 4.69) is 0 Å². The molecule has 0 aromatic heterocycles. The summed E-state index contributed by atoms with van der Waals surface area (Å²) in [6.07, 6.45) is -1.10. The minimum Gasteiger partial charge on any atom is -0.462 e. The lowest BCUT2D eigenvalue weighted by atomic mass is 9.97. The lowest BCUT2D eigenvalue weighted by molar-refractivity contribution is -0.164. The van der Waals surface area contributed by atoms with E-state index in [-0.39, 0.29) is 25.6 Å². The van der Waals surface area contributed by atoms with Crippen LogP contribution in [0.1, 0.15) is 41.0 Å². The Morgan fingerprint density at radius 2 is 1.22 bits per heavy atom. The van der Waals surface area contributed by atoms with Crippen LogP contribution in [0.25, 0.3) is 0 Å². The number of carbonyl (C=O) groups is 4. The molecular formula is C15H24O8. The lowest BCUT2D eigenvalue weighted by Gasteiger charge is -2.26. The lowest BCUT2D eigenvalue weighted by Crippen LogP contribution is -2.34. The van der Waals surface area contributed by atoms with E-state index < -0.39 is 36.1 Å². The van der Waals surface area contributed by atoms with Gasteiger partial charge in [-0.2, -0.15) is 0 Å². The first-order chi connectivity index (χ1) is 10.6. The topological polar surface area (TPSA) is 105 Å². The predicted octanol–water partition coefficient (Wildman–Crippen LogP) is 1.00. The van der Waals surface area contributed by atoms with Gasteiger partial charge in [-0.25, -0.2) is 0 Å². The van der Waals surface area contributed by atoms with Crippen LogP contribution in [0.3, 0.4) is 0 Å². The van der Waals surface area contributed by atoms with Gasteiger partial charge in [0.05, 0.1) is 0 Å². The smallest absolute Gasteiger partial charge is 0.303 e. The van der Waals surface area contributed by atoms with E-state index in [1.54, 1.807) is 6.92 Å². The predicted molar refractivity (Wildman–Crippen MR) is 78.2 cm³/mol. The third-order valence-electron chi connectivity index (χ3n) is 2.84. The van der Waals surface area contributed by atoms with Gasteiger partial charge in [0.1, 0.15) is 25.4 Å². The molecule has 0 fully saturated rings. The highest BCUT2D eigenvalue weighted by molar-refractivity contribution is 5.67. The zero-order valence-electron chi connectivity index (χ0n) is 14.1. The average Bonchev–Trinajstić information content (AvgIpc) is 2.39. The van der Waals surface area contributed by atoms with Crippen LogP contribution in [0.15, 0.2) is 0 Å². The molecule has 3 atom stereocenters. The van der Waals surface area contributed by atoms with Crippen LogP contribution in [0.4, 0.5) is 0 Å². The Morgan fingerprint density at radius 1 is 0.739 bits per heavy atom. The number of rotatable bonds is 9. The van der Waals surface area contributed by atoms with Gasteiger partial charge < -0.3 is 18.9 Å². The second kappa shape index (κ2) is 10.6. The molecular weight excluding hydrogens is 308 g/mol. The van der Waals surface area contributed by atoms with Crippen molar-refractivity contribution in [3.05, 3.63) is 0 Å². The summed E-state index contributed by atoms with van der Waals surface area (Å²) in [5.41, 5.74) is 0. The maximum absolute atomic E-state index is 11.2. The van der Waals surface area contributed by atoms with Crippen molar-refractivity contribution in [1.29, 1.82) is 0 Å². The Labute approximate surface area is 135 Å². The van der Waals surface area contributed by atoms with Crippen molar-refractivity contribution in [3.8, 4) is 0 Å². The monoisotopic (exact) mass is 332 g/mol. The zero-order valence-corrected chi connectivity index (χ0v) is 14.1. The normalized spacial score (nSPS) is 14.1. The maximum Gasteiger partial charge on any atom is 0.303 e. The largest absolute Gasteiger partial charge is 0.462 e. The van der Waals surface area contributed by atoms with Crippen molar-refractivity contribution in [3.63, 3.8) is 0 Å². The van der Waals surface area contributed by atoms with Crippen LogP contribution >= 0.6 is 0 Å². The molecule has 23 heavy (non-hydrogen) atoms. The summed E-state index contributed by atoms with van der Waals surface area (Å²) in [4.78, 5) is 44.1. The second-order valence-electron chi connectivity index (χ2n) is 5.20. The molecule has 0 bridgehead atoms. The molecule has 0 spiro atoms. The fourth-order valence-corrected chi connectivity index (χ4v) is 1.89. The Hall–Kier alpha value is -2.12. The third kappa shape index (κ3) is 11.1. The Kier molecular flexibility index (Phi) is 9.60. The van der Waals surface area contributed by atoms with Crippen molar-refractivity contribution in [2.75, 3.05) is 13.2 Å². The molecule has 0 aromatic carbocycles. The van der Waals surface area contributed by atoms with Gasteiger partial charge in [-0.3, -0.25) is 19.2 Å². The second-order valence-corrected chi connectivity index (χ2v) is 5.20. The van der Waals surface area contributed by atoms with Gasteiger partial charge >= 0.3 is 23.9 Å². The SMILES string of the molecule is CC(=O)OCC(CC(C)C(COC(C)=O)OC(C)=O)OC(C)=O. The van der Waals surface area contributed by atoms with E-state index in [1.807, 2.05) is 0 Å². The molecule has 0 amide bonds. The highest BCUT2D eigenvalue weighted by Gasteiger charge is 2.27. The van der Waals surface area contributed by atoms with Gasteiger partial charge in [0.2, 0.25) is 0 Å². The number of ether oxygens (including phenoxy) is 4. The highest BCUT2D eigenvalue weighted by atomic mass is 16.6. The van der Waals surface area contributed by atoms with Gasteiger partial charge in [0, 0.05) is 33.6 Å². The van der Waals surface area contributed by atoms with Crippen molar-refractivity contribution in [2.45, 2.75) is 53.2 Å². The summed E-state index contributed by atoms with van der Waals surface area (Å²) in [6.45, 7) is 6.54. The quantitative estimate of drug-likeness (QED) is 0.455. The van der Waals surface area contributed by atoms with Gasteiger partial charge in [-0.1, -0.05) is 6.92 Å². The molecule has 3 unspecified atom stereocenters. The molecule has 8 nitrogen and oxygen atoms in total. The van der Waals surface area contributed by atoms with Gasteiger partial charge in [0.15, 0.2) is 0 Å². The highest BCUT2D eigenvalue weighted by Crippen LogP contribution is 2.18.